The third-order valence-corrected chi connectivity index (χ3v) is 5.07. The third kappa shape index (κ3) is 5.31. The first-order chi connectivity index (χ1) is 12.7. The predicted octanol–water partition coefficient (Wildman–Crippen LogP) is 3.31. The van der Waals surface area contributed by atoms with Crippen LogP contribution in [0.4, 0.5) is 0 Å². The van der Waals surface area contributed by atoms with E-state index in [0.29, 0.717) is 18.0 Å². The maximum absolute atomic E-state index is 12.6. The molecule has 5 heteroatoms. The first kappa shape index (κ1) is 18.9. The maximum atomic E-state index is 12.6. The highest BCUT2D eigenvalue weighted by molar-refractivity contribution is 6.31. The normalized spacial score (nSPS) is 16.2. The second-order valence-corrected chi connectivity index (χ2v) is 6.90. The van der Waals surface area contributed by atoms with Crippen LogP contribution < -0.4 is 5.32 Å². The fourth-order valence-corrected chi connectivity index (χ4v) is 3.55. The second-order valence-electron chi connectivity index (χ2n) is 6.49. The van der Waals surface area contributed by atoms with E-state index in [1.54, 1.807) is 0 Å². The molecule has 0 spiro atoms. The van der Waals surface area contributed by atoms with E-state index in [2.05, 4.69) is 22.3 Å². The molecule has 0 saturated carbocycles. The van der Waals surface area contributed by atoms with Gasteiger partial charge < -0.3 is 10.1 Å². The van der Waals surface area contributed by atoms with Crippen LogP contribution in [-0.4, -0.2) is 50.2 Å². The zero-order valence-corrected chi connectivity index (χ0v) is 15.6. The number of amides is 1. The molecule has 0 bridgehead atoms. The Balaban J connectivity index is 1.62. The van der Waals surface area contributed by atoms with Gasteiger partial charge >= 0.3 is 0 Å². The number of rotatable bonds is 7. The van der Waals surface area contributed by atoms with E-state index in [-0.39, 0.29) is 11.8 Å². The Morgan fingerprint density at radius 3 is 2.50 bits per heavy atom. The first-order valence-corrected chi connectivity index (χ1v) is 9.48. The zero-order valence-electron chi connectivity index (χ0n) is 14.9. The molecule has 0 aromatic heterocycles. The number of morpholine rings is 1. The van der Waals surface area contributed by atoms with Crippen molar-refractivity contribution < 1.29 is 9.53 Å². The third-order valence-electron chi connectivity index (χ3n) is 4.73. The van der Waals surface area contributed by atoms with Crippen LogP contribution in [-0.2, 0) is 9.53 Å². The van der Waals surface area contributed by atoms with Gasteiger partial charge in [0.1, 0.15) is 0 Å². The summed E-state index contributed by atoms with van der Waals surface area (Å²) in [5.41, 5.74) is 2.09. The van der Waals surface area contributed by atoms with Gasteiger partial charge in [-0.15, -0.1) is 0 Å². The van der Waals surface area contributed by atoms with Crippen LogP contribution in [0.3, 0.4) is 0 Å². The number of nitrogens with zero attached hydrogens (tertiary/aromatic N) is 1. The smallest absolute Gasteiger partial charge is 0.220 e. The van der Waals surface area contributed by atoms with Crippen LogP contribution in [0, 0.1) is 0 Å². The molecule has 1 fully saturated rings. The molecule has 0 aliphatic carbocycles. The van der Waals surface area contributed by atoms with Gasteiger partial charge in [-0.3, -0.25) is 9.69 Å². The zero-order chi connectivity index (χ0) is 18.2. The Hall–Kier alpha value is -1.88. The Kier molecular flexibility index (Phi) is 7.06. The molecular weight excluding hydrogens is 348 g/mol. The van der Waals surface area contributed by atoms with Gasteiger partial charge in [0.15, 0.2) is 0 Å². The molecule has 0 unspecified atom stereocenters. The maximum Gasteiger partial charge on any atom is 0.220 e. The summed E-state index contributed by atoms with van der Waals surface area (Å²) in [7, 11) is 0. The minimum atomic E-state index is -0.0479. The Bertz CT molecular complexity index is 702. The van der Waals surface area contributed by atoms with Gasteiger partial charge in [-0.2, -0.15) is 0 Å². The summed E-state index contributed by atoms with van der Waals surface area (Å²) in [5, 5.41) is 3.75. The van der Waals surface area contributed by atoms with Gasteiger partial charge in [-0.05, 0) is 17.2 Å². The molecule has 1 N–H and O–H groups in total. The highest BCUT2D eigenvalue weighted by Gasteiger charge is 2.20. The quantitative estimate of drug-likeness (QED) is 0.810. The van der Waals surface area contributed by atoms with E-state index in [9.17, 15) is 4.79 Å². The van der Waals surface area contributed by atoms with E-state index in [0.717, 1.165) is 44.0 Å². The summed E-state index contributed by atoms with van der Waals surface area (Å²) in [5.74, 6) is 0.000295. The van der Waals surface area contributed by atoms with Gasteiger partial charge in [0.05, 0.1) is 13.2 Å². The van der Waals surface area contributed by atoms with Crippen molar-refractivity contribution in [2.24, 2.45) is 0 Å². The molecule has 1 heterocycles. The lowest BCUT2D eigenvalue weighted by Crippen LogP contribution is -2.41. The number of benzene rings is 2. The molecule has 2 aromatic rings. The highest BCUT2D eigenvalue weighted by Crippen LogP contribution is 2.32. The number of ether oxygens (including phenoxy) is 1. The molecule has 1 amide bonds. The first-order valence-electron chi connectivity index (χ1n) is 9.10. The molecule has 26 heavy (non-hydrogen) atoms. The van der Waals surface area contributed by atoms with Crippen LogP contribution in [0.15, 0.2) is 54.6 Å². The summed E-state index contributed by atoms with van der Waals surface area (Å²) in [6.45, 7) is 4.93. The largest absolute Gasteiger partial charge is 0.379 e. The molecule has 0 radical (unpaired) electrons. The van der Waals surface area contributed by atoms with E-state index in [4.69, 9.17) is 16.3 Å². The van der Waals surface area contributed by atoms with E-state index in [1.807, 2.05) is 42.5 Å². The Morgan fingerprint density at radius 2 is 1.77 bits per heavy atom. The number of nitrogens with one attached hydrogen (secondary N) is 1. The lowest BCUT2D eigenvalue weighted by molar-refractivity contribution is -0.121. The summed E-state index contributed by atoms with van der Waals surface area (Å²) in [6.07, 6.45) is 0.386. The average molecular weight is 373 g/mol. The standard InChI is InChI=1S/C21H25ClN2O2/c22-20-9-5-4-8-18(20)19(17-6-2-1-3-7-17)16-21(25)23-10-11-24-12-14-26-15-13-24/h1-9,19H,10-16H2,(H,23,25)/t19-/m1/s1. The van der Waals surface area contributed by atoms with Crippen molar-refractivity contribution in [3.8, 4) is 0 Å². The molecule has 138 valence electrons. The minimum Gasteiger partial charge on any atom is -0.379 e. The van der Waals surface area contributed by atoms with Crippen molar-refractivity contribution in [2.75, 3.05) is 39.4 Å². The summed E-state index contributed by atoms with van der Waals surface area (Å²) >= 11 is 6.41. The van der Waals surface area contributed by atoms with E-state index in [1.165, 1.54) is 0 Å². The lowest BCUT2D eigenvalue weighted by atomic mass is 9.88. The van der Waals surface area contributed by atoms with Crippen LogP contribution in [0.1, 0.15) is 23.5 Å². The summed E-state index contributed by atoms with van der Waals surface area (Å²) in [4.78, 5) is 14.9. The molecule has 1 aliphatic heterocycles. The van der Waals surface area contributed by atoms with Crippen molar-refractivity contribution in [1.29, 1.82) is 0 Å². The molecule has 1 saturated heterocycles. The van der Waals surface area contributed by atoms with Crippen LogP contribution >= 0.6 is 11.6 Å². The molecule has 1 atom stereocenters. The van der Waals surface area contributed by atoms with Gasteiger partial charge in [0.25, 0.3) is 0 Å². The number of hydrogen-bond donors (Lipinski definition) is 1. The van der Waals surface area contributed by atoms with Gasteiger partial charge in [0.2, 0.25) is 5.91 Å². The topological polar surface area (TPSA) is 41.6 Å². The van der Waals surface area contributed by atoms with Crippen molar-refractivity contribution in [1.82, 2.24) is 10.2 Å². The van der Waals surface area contributed by atoms with Crippen molar-refractivity contribution in [3.05, 3.63) is 70.7 Å². The number of carbonyl (C=O) groups is 1. The molecule has 3 rings (SSSR count). The van der Waals surface area contributed by atoms with Crippen LogP contribution in [0.2, 0.25) is 5.02 Å². The number of carbonyl (C=O) groups excluding carboxylic acids is 1. The van der Waals surface area contributed by atoms with Crippen molar-refractivity contribution >= 4 is 17.5 Å². The van der Waals surface area contributed by atoms with Crippen LogP contribution in [0.5, 0.6) is 0 Å². The van der Waals surface area contributed by atoms with E-state index >= 15 is 0 Å². The molecule has 4 nitrogen and oxygen atoms in total. The summed E-state index contributed by atoms with van der Waals surface area (Å²) < 4.78 is 5.35. The minimum absolute atomic E-state index is 0.0479. The molecule has 2 aromatic carbocycles. The lowest BCUT2D eigenvalue weighted by Gasteiger charge is -2.26. The van der Waals surface area contributed by atoms with Crippen molar-refractivity contribution in [2.45, 2.75) is 12.3 Å². The van der Waals surface area contributed by atoms with Gasteiger partial charge in [-0.25, -0.2) is 0 Å². The van der Waals surface area contributed by atoms with Crippen LogP contribution in [0.25, 0.3) is 0 Å². The second kappa shape index (κ2) is 9.72. The van der Waals surface area contributed by atoms with Gasteiger partial charge in [-0.1, -0.05) is 60.1 Å². The number of hydrogen-bond acceptors (Lipinski definition) is 3. The fraction of sp³-hybridized carbons (Fsp3) is 0.381. The monoisotopic (exact) mass is 372 g/mol. The fourth-order valence-electron chi connectivity index (χ4n) is 3.29. The predicted molar refractivity (Wildman–Crippen MR) is 105 cm³/mol. The van der Waals surface area contributed by atoms with Crippen molar-refractivity contribution in [3.63, 3.8) is 0 Å². The summed E-state index contributed by atoms with van der Waals surface area (Å²) in [6, 6.07) is 17.8. The van der Waals surface area contributed by atoms with Gasteiger partial charge in [0, 0.05) is 43.5 Å². The molecule has 1 aliphatic rings. The Labute approximate surface area is 160 Å². The Morgan fingerprint density at radius 1 is 1.08 bits per heavy atom. The highest BCUT2D eigenvalue weighted by atomic mass is 35.5. The molecular formula is C21H25ClN2O2. The average Bonchev–Trinajstić information content (AvgIpc) is 2.68. The number of halogens is 1. The van der Waals surface area contributed by atoms with E-state index < -0.39 is 0 Å². The SMILES string of the molecule is O=C(C[C@H](c1ccccc1)c1ccccc1Cl)NCCN1CCOCC1.